The van der Waals surface area contributed by atoms with Gasteiger partial charge in [-0.3, -0.25) is 0 Å². The normalized spacial score (nSPS) is 12.2. The van der Waals surface area contributed by atoms with Gasteiger partial charge in [0.25, 0.3) is 0 Å². The van der Waals surface area contributed by atoms with Gasteiger partial charge in [-0.15, -0.1) is 0 Å². The number of ether oxygens (including phenoxy) is 2. The van der Waals surface area contributed by atoms with Crippen molar-refractivity contribution in [3.63, 3.8) is 0 Å². The van der Waals surface area contributed by atoms with Crippen LogP contribution in [0.5, 0.6) is 0 Å². The molecule has 0 unspecified atom stereocenters. The number of carbonyl (C=O) groups excluding carboxylic acids is 1. The Bertz CT molecular complexity index is 352. The third-order valence-corrected chi connectivity index (χ3v) is 1.93. The van der Waals surface area contributed by atoms with Gasteiger partial charge in [-0.1, -0.05) is 6.07 Å². The van der Waals surface area contributed by atoms with Crippen LogP contribution in [0.1, 0.15) is 24.2 Å². The lowest BCUT2D eigenvalue weighted by Gasteiger charge is -2.12. The highest BCUT2D eigenvalue weighted by Gasteiger charge is 2.12. The first-order valence-corrected chi connectivity index (χ1v) is 5.17. The molecule has 1 atom stereocenters. The van der Waals surface area contributed by atoms with Crippen LogP contribution >= 0.6 is 0 Å². The van der Waals surface area contributed by atoms with Gasteiger partial charge in [0.1, 0.15) is 11.9 Å². The molecule has 0 aliphatic heterocycles. The summed E-state index contributed by atoms with van der Waals surface area (Å²) in [5, 5.41) is 0. The molecule has 0 saturated carbocycles. The summed E-state index contributed by atoms with van der Waals surface area (Å²) in [6, 6.07) is 5.41. The molecule has 1 aromatic carbocycles. The zero-order chi connectivity index (χ0) is 12.0. The smallest absolute Gasteiger partial charge is 0.338 e. The Hall–Kier alpha value is -1.42. The molecule has 0 spiro atoms. The van der Waals surface area contributed by atoms with Crippen molar-refractivity contribution in [1.29, 1.82) is 0 Å². The molecule has 0 N–H and O–H groups in total. The second kappa shape index (κ2) is 6.23. The van der Waals surface area contributed by atoms with Gasteiger partial charge in [0, 0.05) is 6.61 Å². The fourth-order valence-electron chi connectivity index (χ4n) is 1.18. The maximum absolute atomic E-state index is 12.8. The quantitative estimate of drug-likeness (QED) is 0.723. The van der Waals surface area contributed by atoms with E-state index < -0.39 is 11.8 Å². The second-order valence-electron chi connectivity index (χ2n) is 3.39. The van der Waals surface area contributed by atoms with Crippen molar-refractivity contribution in [3.8, 4) is 0 Å². The summed E-state index contributed by atoms with van der Waals surface area (Å²) in [5.74, 6) is -0.987. The predicted octanol–water partition coefficient (Wildman–Crippen LogP) is 2.41. The van der Waals surface area contributed by atoms with E-state index >= 15 is 0 Å². The fraction of sp³-hybridized carbons (Fsp3) is 0.417. The van der Waals surface area contributed by atoms with Crippen molar-refractivity contribution in [1.82, 2.24) is 0 Å². The van der Waals surface area contributed by atoms with Gasteiger partial charge in [-0.25, -0.2) is 9.18 Å². The topological polar surface area (TPSA) is 35.5 Å². The minimum Gasteiger partial charge on any atom is -0.457 e. The molecule has 88 valence electrons. The number of rotatable bonds is 5. The Kier molecular flexibility index (Phi) is 4.92. The van der Waals surface area contributed by atoms with E-state index in [9.17, 15) is 9.18 Å². The molecule has 1 rings (SSSR count). The molecule has 0 aliphatic rings. The Labute approximate surface area is 94.2 Å². The number of carbonyl (C=O) groups is 1. The van der Waals surface area contributed by atoms with Crippen molar-refractivity contribution in [3.05, 3.63) is 35.6 Å². The molecule has 0 saturated heterocycles. The van der Waals surface area contributed by atoms with Crippen molar-refractivity contribution < 1.29 is 18.7 Å². The van der Waals surface area contributed by atoms with Gasteiger partial charge < -0.3 is 9.47 Å². The zero-order valence-corrected chi connectivity index (χ0v) is 9.40. The van der Waals surface area contributed by atoms with Crippen LogP contribution in [-0.2, 0) is 9.47 Å². The molecule has 0 aromatic heterocycles. The highest BCUT2D eigenvalue weighted by molar-refractivity contribution is 5.89. The van der Waals surface area contributed by atoms with E-state index in [2.05, 4.69) is 0 Å². The van der Waals surface area contributed by atoms with Crippen LogP contribution in [0.25, 0.3) is 0 Å². The first kappa shape index (κ1) is 12.6. The lowest BCUT2D eigenvalue weighted by molar-refractivity contribution is 0.00436. The highest BCUT2D eigenvalue weighted by atomic mass is 19.1. The predicted molar refractivity (Wildman–Crippen MR) is 57.8 cm³/mol. The lowest BCUT2D eigenvalue weighted by Crippen LogP contribution is -2.20. The molecular formula is C12H15FO3. The maximum Gasteiger partial charge on any atom is 0.338 e. The largest absolute Gasteiger partial charge is 0.457 e. The number of halogens is 1. The van der Waals surface area contributed by atoms with Crippen molar-refractivity contribution in [2.75, 3.05) is 13.2 Å². The van der Waals surface area contributed by atoms with Crippen LogP contribution in [0.3, 0.4) is 0 Å². The zero-order valence-electron chi connectivity index (χ0n) is 9.40. The van der Waals surface area contributed by atoms with Gasteiger partial charge in [-0.2, -0.15) is 0 Å². The average molecular weight is 226 g/mol. The summed E-state index contributed by atoms with van der Waals surface area (Å²) < 4.78 is 23.0. The van der Waals surface area contributed by atoms with Crippen LogP contribution < -0.4 is 0 Å². The third-order valence-electron chi connectivity index (χ3n) is 1.93. The van der Waals surface area contributed by atoms with Crippen LogP contribution in [0, 0.1) is 5.82 Å². The molecule has 0 bridgehead atoms. The van der Waals surface area contributed by atoms with Gasteiger partial charge in [0.05, 0.1) is 12.2 Å². The molecule has 0 fully saturated rings. The Morgan fingerprint density at radius 1 is 1.50 bits per heavy atom. The fourth-order valence-corrected chi connectivity index (χ4v) is 1.18. The van der Waals surface area contributed by atoms with Gasteiger partial charge >= 0.3 is 5.97 Å². The van der Waals surface area contributed by atoms with Gasteiger partial charge in [0.15, 0.2) is 0 Å². The standard InChI is InChI=1S/C12H15FO3/c1-3-15-8-9(2)16-12(14)10-5-4-6-11(13)7-10/h4-7,9H,3,8H2,1-2H3/t9-/m1/s1. The molecule has 3 nitrogen and oxygen atoms in total. The number of esters is 1. The molecule has 1 aromatic rings. The van der Waals surface area contributed by atoms with Crippen molar-refractivity contribution in [2.24, 2.45) is 0 Å². The third kappa shape index (κ3) is 3.98. The molecular weight excluding hydrogens is 211 g/mol. The summed E-state index contributed by atoms with van der Waals surface area (Å²) in [4.78, 5) is 11.5. The number of hydrogen-bond acceptors (Lipinski definition) is 3. The van der Waals surface area contributed by atoms with E-state index in [1.807, 2.05) is 6.92 Å². The average Bonchev–Trinajstić information content (AvgIpc) is 2.26. The van der Waals surface area contributed by atoms with E-state index in [0.717, 1.165) is 6.07 Å². The highest BCUT2D eigenvalue weighted by Crippen LogP contribution is 2.07. The summed E-state index contributed by atoms with van der Waals surface area (Å²) >= 11 is 0. The lowest BCUT2D eigenvalue weighted by atomic mass is 10.2. The van der Waals surface area contributed by atoms with Gasteiger partial charge in [-0.05, 0) is 32.0 Å². The van der Waals surface area contributed by atoms with Crippen LogP contribution in [0.4, 0.5) is 4.39 Å². The van der Waals surface area contributed by atoms with E-state index in [1.165, 1.54) is 18.2 Å². The van der Waals surface area contributed by atoms with Crippen LogP contribution in [-0.4, -0.2) is 25.3 Å². The molecule has 0 radical (unpaired) electrons. The summed E-state index contributed by atoms with van der Waals surface area (Å²) in [6.07, 6.45) is -0.337. The molecule has 0 heterocycles. The number of hydrogen-bond donors (Lipinski definition) is 0. The monoisotopic (exact) mass is 226 g/mol. The minimum absolute atomic E-state index is 0.211. The van der Waals surface area contributed by atoms with Crippen LogP contribution in [0.15, 0.2) is 24.3 Å². The second-order valence-corrected chi connectivity index (χ2v) is 3.39. The first-order chi connectivity index (χ1) is 7.63. The Morgan fingerprint density at radius 3 is 2.88 bits per heavy atom. The number of benzene rings is 1. The SMILES string of the molecule is CCOC[C@@H](C)OC(=O)c1cccc(F)c1. The molecule has 0 amide bonds. The van der Waals surface area contributed by atoms with E-state index in [4.69, 9.17) is 9.47 Å². The first-order valence-electron chi connectivity index (χ1n) is 5.17. The minimum atomic E-state index is -0.535. The van der Waals surface area contributed by atoms with Gasteiger partial charge in [0.2, 0.25) is 0 Å². The molecule has 0 aliphatic carbocycles. The summed E-state index contributed by atoms with van der Waals surface area (Å²) in [7, 11) is 0. The molecule has 16 heavy (non-hydrogen) atoms. The van der Waals surface area contributed by atoms with E-state index in [1.54, 1.807) is 6.92 Å². The molecule has 4 heteroatoms. The van der Waals surface area contributed by atoms with Crippen molar-refractivity contribution >= 4 is 5.97 Å². The van der Waals surface area contributed by atoms with Crippen LogP contribution in [0.2, 0.25) is 0 Å². The van der Waals surface area contributed by atoms with E-state index in [0.29, 0.717) is 13.2 Å². The maximum atomic E-state index is 12.8. The van der Waals surface area contributed by atoms with Crippen molar-refractivity contribution in [2.45, 2.75) is 20.0 Å². The summed E-state index contributed by atoms with van der Waals surface area (Å²) in [6.45, 7) is 4.51. The Balaban J connectivity index is 2.52. The van der Waals surface area contributed by atoms with E-state index in [-0.39, 0.29) is 11.7 Å². The summed E-state index contributed by atoms with van der Waals surface area (Å²) in [5.41, 5.74) is 0.211. The Morgan fingerprint density at radius 2 is 2.25 bits per heavy atom.